The highest BCUT2D eigenvalue weighted by atomic mass is 32.2. The summed E-state index contributed by atoms with van der Waals surface area (Å²) in [4.78, 5) is 11.8. The Morgan fingerprint density at radius 2 is 1.74 bits per heavy atom. The number of sulfone groups is 1. The number of anilines is 1. The van der Waals surface area contributed by atoms with Crippen LogP contribution in [0, 0.1) is 12.7 Å². The van der Waals surface area contributed by atoms with Crippen molar-refractivity contribution in [2.45, 2.75) is 19.1 Å². The van der Waals surface area contributed by atoms with E-state index in [1.165, 1.54) is 18.2 Å². The van der Waals surface area contributed by atoms with Gasteiger partial charge in [0, 0.05) is 6.42 Å². The molecule has 0 atom stereocenters. The molecule has 0 spiro atoms. The number of rotatable bonds is 6. The van der Waals surface area contributed by atoms with Gasteiger partial charge in [-0.2, -0.15) is 0 Å². The number of halogens is 1. The van der Waals surface area contributed by atoms with E-state index in [9.17, 15) is 17.6 Å². The lowest BCUT2D eigenvalue weighted by atomic mass is 10.1. The zero-order chi connectivity index (χ0) is 16.9. The van der Waals surface area contributed by atoms with Gasteiger partial charge < -0.3 is 5.32 Å². The van der Waals surface area contributed by atoms with Crippen molar-refractivity contribution in [3.8, 4) is 0 Å². The first-order valence-corrected chi connectivity index (χ1v) is 8.99. The fourth-order valence-corrected chi connectivity index (χ4v) is 3.54. The van der Waals surface area contributed by atoms with Crippen LogP contribution in [-0.4, -0.2) is 20.1 Å². The lowest BCUT2D eigenvalue weighted by Gasteiger charge is -2.08. The summed E-state index contributed by atoms with van der Waals surface area (Å²) in [5.41, 5.74) is 1.67. The molecular weight excluding hydrogens is 317 g/mol. The normalized spacial score (nSPS) is 11.2. The number of hydrogen-bond acceptors (Lipinski definition) is 3. The largest absolute Gasteiger partial charge is 0.324 e. The topological polar surface area (TPSA) is 63.2 Å². The molecule has 2 rings (SSSR count). The van der Waals surface area contributed by atoms with Gasteiger partial charge in [-0.1, -0.05) is 36.4 Å². The van der Waals surface area contributed by atoms with Gasteiger partial charge in [0.25, 0.3) is 0 Å². The molecule has 122 valence electrons. The summed E-state index contributed by atoms with van der Waals surface area (Å²) in [5.74, 6) is -1.46. The van der Waals surface area contributed by atoms with Crippen LogP contribution in [0.4, 0.5) is 10.1 Å². The van der Waals surface area contributed by atoms with Crippen LogP contribution in [0.3, 0.4) is 0 Å². The van der Waals surface area contributed by atoms with Crippen LogP contribution < -0.4 is 5.32 Å². The van der Waals surface area contributed by atoms with Gasteiger partial charge in [-0.25, -0.2) is 12.8 Å². The standard InChI is InChI=1S/C17H18FNO3S/c1-13-6-2-3-7-14(13)12-23(21,22)11-10-17(20)19-16-9-5-4-8-15(16)18/h2-9H,10-12H2,1H3,(H,19,20). The summed E-state index contributed by atoms with van der Waals surface area (Å²) in [6, 6.07) is 13.0. The van der Waals surface area contributed by atoms with Crippen LogP contribution in [0.5, 0.6) is 0 Å². The van der Waals surface area contributed by atoms with E-state index in [1.807, 2.05) is 19.1 Å². The molecular formula is C17H18FNO3S. The highest BCUT2D eigenvalue weighted by Gasteiger charge is 2.16. The fraction of sp³-hybridized carbons (Fsp3) is 0.235. The fourth-order valence-electron chi connectivity index (χ4n) is 2.10. The van der Waals surface area contributed by atoms with Gasteiger partial charge in [-0.15, -0.1) is 0 Å². The smallest absolute Gasteiger partial charge is 0.225 e. The molecule has 23 heavy (non-hydrogen) atoms. The third-order valence-electron chi connectivity index (χ3n) is 3.42. The summed E-state index contributed by atoms with van der Waals surface area (Å²) in [7, 11) is -3.41. The van der Waals surface area contributed by atoms with Crippen molar-refractivity contribution in [1.82, 2.24) is 0 Å². The Hall–Kier alpha value is -2.21. The summed E-state index contributed by atoms with van der Waals surface area (Å²) >= 11 is 0. The van der Waals surface area contributed by atoms with E-state index in [-0.39, 0.29) is 23.6 Å². The quantitative estimate of drug-likeness (QED) is 0.882. The number of carbonyl (C=O) groups excluding carboxylic acids is 1. The number of amides is 1. The predicted molar refractivity (Wildman–Crippen MR) is 88.3 cm³/mol. The number of nitrogens with one attached hydrogen (secondary N) is 1. The highest BCUT2D eigenvalue weighted by molar-refractivity contribution is 7.90. The maximum Gasteiger partial charge on any atom is 0.225 e. The molecule has 1 N–H and O–H groups in total. The molecule has 0 heterocycles. The molecule has 0 bridgehead atoms. The second kappa shape index (κ2) is 7.37. The Bertz CT molecular complexity index is 803. The third-order valence-corrected chi connectivity index (χ3v) is 5.00. The number of para-hydroxylation sites is 1. The van der Waals surface area contributed by atoms with Gasteiger partial charge in [0.05, 0.1) is 17.2 Å². The van der Waals surface area contributed by atoms with Crippen LogP contribution in [0.15, 0.2) is 48.5 Å². The molecule has 2 aromatic carbocycles. The van der Waals surface area contributed by atoms with Crippen LogP contribution >= 0.6 is 0 Å². The third kappa shape index (κ3) is 5.17. The van der Waals surface area contributed by atoms with Crippen molar-refractivity contribution < 1.29 is 17.6 Å². The van der Waals surface area contributed by atoms with E-state index in [4.69, 9.17) is 0 Å². The molecule has 0 radical (unpaired) electrons. The Labute approximate surface area is 135 Å². The predicted octanol–water partition coefficient (Wildman–Crippen LogP) is 3.08. The Morgan fingerprint density at radius 1 is 1.09 bits per heavy atom. The Kier molecular flexibility index (Phi) is 5.50. The minimum absolute atomic E-state index is 0.0498. The maximum absolute atomic E-state index is 13.4. The van der Waals surface area contributed by atoms with Crippen molar-refractivity contribution in [2.24, 2.45) is 0 Å². The molecule has 2 aromatic rings. The first kappa shape index (κ1) is 17.1. The van der Waals surface area contributed by atoms with Crippen molar-refractivity contribution in [1.29, 1.82) is 0 Å². The van der Waals surface area contributed by atoms with Gasteiger partial charge in [0.15, 0.2) is 9.84 Å². The van der Waals surface area contributed by atoms with Crippen LogP contribution in [0.1, 0.15) is 17.5 Å². The lowest BCUT2D eigenvalue weighted by Crippen LogP contribution is -2.19. The summed E-state index contributed by atoms with van der Waals surface area (Å²) < 4.78 is 37.7. The molecule has 0 aliphatic carbocycles. The molecule has 0 saturated heterocycles. The number of hydrogen-bond donors (Lipinski definition) is 1. The molecule has 0 aliphatic heterocycles. The Balaban J connectivity index is 1.93. The number of benzene rings is 2. The van der Waals surface area contributed by atoms with Gasteiger partial charge in [0.1, 0.15) is 5.82 Å². The van der Waals surface area contributed by atoms with E-state index in [0.29, 0.717) is 0 Å². The Morgan fingerprint density at radius 3 is 2.43 bits per heavy atom. The van der Waals surface area contributed by atoms with E-state index in [2.05, 4.69) is 5.32 Å². The van der Waals surface area contributed by atoms with Gasteiger partial charge >= 0.3 is 0 Å². The molecule has 4 nitrogen and oxygen atoms in total. The van der Waals surface area contributed by atoms with Crippen LogP contribution in [0.25, 0.3) is 0 Å². The molecule has 6 heteroatoms. The van der Waals surface area contributed by atoms with Crippen molar-refractivity contribution in [3.05, 3.63) is 65.5 Å². The van der Waals surface area contributed by atoms with E-state index >= 15 is 0 Å². The van der Waals surface area contributed by atoms with Gasteiger partial charge in [0.2, 0.25) is 5.91 Å². The van der Waals surface area contributed by atoms with Crippen molar-refractivity contribution in [2.75, 3.05) is 11.1 Å². The molecule has 0 aromatic heterocycles. The summed E-state index contributed by atoms with van der Waals surface area (Å²) in [6.07, 6.45) is -0.206. The van der Waals surface area contributed by atoms with Gasteiger partial charge in [-0.05, 0) is 30.2 Å². The SMILES string of the molecule is Cc1ccccc1CS(=O)(=O)CCC(=O)Nc1ccccc1F. The average molecular weight is 335 g/mol. The molecule has 1 amide bonds. The van der Waals surface area contributed by atoms with Crippen LogP contribution in [0.2, 0.25) is 0 Å². The summed E-state index contributed by atoms with van der Waals surface area (Å²) in [5, 5.41) is 2.38. The van der Waals surface area contributed by atoms with E-state index < -0.39 is 21.6 Å². The lowest BCUT2D eigenvalue weighted by molar-refractivity contribution is -0.115. The van der Waals surface area contributed by atoms with E-state index in [0.717, 1.165) is 11.1 Å². The number of aryl methyl sites for hydroxylation is 1. The second-order valence-corrected chi connectivity index (χ2v) is 7.48. The van der Waals surface area contributed by atoms with Gasteiger partial charge in [-0.3, -0.25) is 4.79 Å². The zero-order valence-electron chi connectivity index (χ0n) is 12.8. The highest BCUT2D eigenvalue weighted by Crippen LogP contribution is 2.14. The van der Waals surface area contributed by atoms with Crippen LogP contribution in [-0.2, 0) is 20.4 Å². The monoisotopic (exact) mass is 335 g/mol. The average Bonchev–Trinajstić information content (AvgIpc) is 2.50. The minimum atomic E-state index is -3.41. The van der Waals surface area contributed by atoms with Crippen molar-refractivity contribution in [3.63, 3.8) is 0 Å². The molecule has 0 unspecified atom stereocenters. The molecule has 0 saturated carbocycles. The summed E-state index contributed by atoms with van der Waals surface area (Å²) in [6.45, 7) is 1.84. The zero-order valence-corrected chi connectivity index (χ0v) is 13.6. The maximum atomic E-state index is 13.4. The van der Waals surface area contributed by atoms with Crippen molar-refractivity contribution >= 4 is 21.4 Å². The number of carbonyl (C=O) groups is 1. The first-order valence-electron chi connectivity index (χ1n) is 7.17. The molecule has 0 aliphatic rings. The first-order chi connectivity index (χ1) is 10.9. The molecule has 0 fully saturated rings. The second-order valence-electron chi connectivity index (χ2n) is 5.30. The van der Waals surface area contributed by atoms with E-state index in [1.54, 1.807) is 18.2 Å². The minimum Gasteiger partial charge on any atom is -0.324 e.